The van der Waals surface area contributed by atoms with Gasteiger partial charge in [0, 0.05) is 0 Å². The van der Waals surface area contributed by atoms with Crippen LogP contribution in [0.5, 0.6) is 0 Å². The Hall–Kier alpha value is 0.260. The van der Waals surface area contributed by atoms with Gasteiger partial charge in [-0.3, -0.25) is 0 Å². The van der Waals surface area contributed by atoms with Crippen molar-refractivity contribution in [2.45, 2.75) is 19.5 Å². The van der Waals surface area contributed by atoms with Crippen LogP contribution in [-0.4, -0.2) is 6.18 Å². The fourth-order valence-electron chi connectivity index (χ4n) is 0.256. The lowest BCUT2D eigenvalue weighted by atomic mass is 10.4. The third kappa shape index (κ3) is 8.26. The molecule has 0 aromatic carbocycles. The second-order valence-corrected chi connectivity index (χ2v) is 3.31. The van der Waals surface area contributed by atoms with Gasteiger partial charge in [-0.2, -0.15) is 13.2 Å². The molecule has 0 aliphatic rings. The van der Waals surface area contributed by atoms with Gasteiger partial charge in [-0.15, -0.1) is 0 Å². The van der Waals surface area contributed by atoms with E-state index in [9.17, 15) is 13.2 Å². The minimum atomic E-state index is -4.05. The summed E-state index contributed by atoms with van der Waals surface area (Å²) in [5, 5.41) is 0. The van der Waals surface area contributed by atoms with Crippen LogP contribution in [0.2, 0.25) is 0 Å². The molecular formula is C5H6F3I. The minimum absolute atomic E-state index is 0.671. The summed E-state index contributed by atoms with van der Waals surface area (Å²) in [4.78, 5) is 0. The lowest BCUT2D eigenvalue weighted by Gasteiger charge is -1.99. The number of alkyl halides is 3. The van der Waals surface area contributed by atoms with Crippen molar-refractivity contribution in [3.63, 3.8) is 0 Å². The topological polar surface area (TPSA) is 0 Å². The molecule has 54 valence electrons. The molecule has 0 aliphatic heterocycles. The van der Waals surface area contributed by atoms with E-state index in [1.165, 1.54) is 0 Å². The number of rotatable bonds is 1. The predicted molar refractivity (Wildman–Crippen MR) is 38.4 cm³/mol. The van der Waals surface area contributed by atoms with E-state index in [2.05, 4.69) is 0 Å². The van der Waals surface area contributed by atoms with Crippen molar-refractivity contribution < 1.29 is 13.2 Å². The summed E-state index contributed by atoms with van der Waals surface area (Å²) >= 11 is 1.84. The van der Waals surface area contributed by atoms with Crippen LogP contribution in [0.3, 0.4) is 0 Å². The maximum absolute atomic E-state index is 11.4. The molecule has 0 saturated carbocycles. The molecule has 0 radical (unpaired) electrons. The van der Waals surface area contributed by atoms with Gasteiger partial charge in [-0.25, -0.2) is 0 Å². The van der Waals surface area contributed by atoms with Crippen molar-refractivity contribution >= 4 is 22.6 Å². The van der Waals surface area contributed by atoms with Crippen LogP contribution < -0.4 is 0 Å². The zero-order valence-electron chi connectivity index (χ0n) is 4.80. The van der Waals surface area contributed by atoms with E-state index in [0.29, 0.717) is 3.58 Å². The highest BCUT2D eigenvalue weighted by molar-refractivity contribution is 14.1. The Morgan fingerprint density at radius 3 is 2.11 bits per heavy atom. The van der Waals surface area contributed by atoms with Gasteiger partial charge in [0.05, 0.1) is 6.42 Å². The van der Waals surface area contributed by atoms with Gasteiger partial charge in [0.25, 0.3) is 0 Å². The van der Waals surface area contributed by atoms with Gasteiger partial charge in [0.1, 0.15) is 0 Å². The van der Waals surface area contributed by atoms with Crippen molar-refractivity contribution in [3.05, 3.63) is 9.66 Å². The summed E-state index contributed by atoms with van der Waals surface area (Å²) in [6.07, 6.45) is -3.71. The molecular weight excluding hydrogens is 244 g/mol. The fourth-order valence-corrected chi connectivity index (χ4v) is 0.477. The zero-order valence-corrected chi connectivity index (χ0v) is 6.95. The van der Waals surface area contributed by atoms with Gasteiger partial charge >= 0.3 is 6.18 Å². The molecule has 0 rings (SSSR count). The highest BCUT2D eigenvalue weighted by Gasteiger charge is 2.24. The average molecular weight is 250 g/mol. The van der Waals surface area contributed by atoms with Gasteiger partial charge in [0.15, 0.2) is 0 Å². The van der Waals surface area contributed by atoms with Crippen molar-refractivity contribution in [2.24, 2.45) is 0 Å². The quantitative estimate of drug-likeness (QED) is 0.626. The summed E-state index contributed by atoms with van der Waals surface area (Å²) in [6.45, 7) is 1.63. The molecule has 0 nitrogen and oxygen atoms in total. The van der Waals surface area contributed by atoms with Crippen LogP contribution in [-0.2, 0) is 0 Å². The number of allylic oxidation sites excluding steroid dienone is 2. The van der Waals surface area contributed by atoms with Crippen molar-refractivity contribution in [1.82, 2.24) is 0 Å². The first-order chi connectivity index (χ1) is 3.92. The Labute approximate surface area is 65.3 Å². The lowest BCUT2D eigenvalue weighted by molar-refractivity contribution is -0.125. The molecule has 4 heteroatoms. The van der Waals surface area contributed by atoms with E-state index < -0.39 is 12.6 Å². The first-order valence-electron chi connectivity index (χ1n) is 2.31. The standard InChI is InChI=1S/C5H6F3I/c1-4(9)2-3-5(6,7)8/h2H,3H2,1H3/b4-2-. The maximum Gasteiger partial charge on any atom is 0.392 e. The van der Waals surface area contributed by atoms with Gasteiger partial charge in [-0.1, -0.05) is 6.08 Å². The molecule has 0 bridgehead atoms. The van der Waals surface area contributed by atoms with E-state index in [-0.39, 0.29) is 0 Å². The molecule has 0 aromatic heterocycles. The summed E-state index contributed by atoms with van der Waals surface area (Å²) in [6, 6.07) is 0. The predicted octanol–water partition coefficient (Wildman–Crippen LogP) is 3.28. The molecule has 0 fully saturated rings. The van der Waals surface area contributed by atoms with Crippen LogP contribution >= 0.6 is 22.6 Å². The Morgan fingerprint density at radius 1 is 1.56 bits per heavy atom. The van der Waals surface area contributed by atoms with Crippen LogP contribution in [0.25, 0.3) is 0 Å². The average Bonchev–Trinajstić information content (AvgIpc) is 1.59. The Morgan fingerprint density at radius 2 is 2.00 bits per heavy atom. The number of hydrogen-bond acceptors (Lipinski definition) is 0. The Balaban J connectivity index is 3.64. The molecule has 0 atom stereocenters. The molecule has 0 aliphatic carbocycles. The molecule has 0 unspecified atom stereocenters. The van der Waals surface area contributed by atoms with Crippen molar-refractivity contribution in [3.8, 4) is 0 Å². The largest absolute Gasteiger partial charge is 0.392 e. The molecule has 0 spiro atoms. The monoisotopic (exact) mass is 250 g/mol. The van der Waals surface area contributed by atoms with E-state index in [0.717, 1.165) is 6.08 Å². The van der Waals surface area contributed by atoms with Gasteiger partial charge < -0.3 is 0 Å². The third-order valence-corrected chi connectivity index (χ3v) is 1.06. The van der Waals surface area contributed by atoms with E-state index in [1.54, 1.807) is 6.92 Å². The van der Waals surface area contributed by atoms with E-state index in [1.807, 2.05) is 22.6 Å². The minimum Gasteiger partial charge on any atom is -0.171 e. The second-order valence-electron chi connectivity index (χ2n) is 1.61. The van der Waals surface area contributed by atoms with E-state index >= 15 is 0 Å². The van der Waals surface area contributed by atoms with Crippen LogP contribution in [0.4, 0.5) is 13.2 Å². The van der Waals surface area contributed by atoms with Crippen LogP contribution in [0, 0.1) is 0 Å². The lowest BCUT2D eigenvalue weighted by Crippen LogP contribution is -2.04. The molecule has 0 heterocycles. The van der Waals surface area contributed by atoms with Crippen LogP contribution in [0.1, 0.15) is 13.3 Å². The summed E-state index contributed by atoms with van der Waals surface area (Å²) in [5.74, 6) is 0. The summed E-state index contributed by atoms with van der Waals surface area (Å²) < 4.78 is 34.8. The van der Waals surface area contributed by atoms with Gasteiger partial charge in [0.2, 0.25) is 0 Å². The first kappa shape index (κ1) is 9.26. The Kier molecular flexibility index (Phi) is 3.53. The second kappa shape index (κ2) is 3.43. The number of hydrogen-bond donors (Lipinski definition) is 0. The summed E-state index contributed by atoms with van der Waals surface area (Å²) in [5.41, 5.74) is 0. The molecule has 0 saturated heterocycles. The SMILES string of the molecule is C/C(I)=C/CC(F)(F)F. The van der Waals surface area contributed by atoms with Crippen molar-refractivity contribution in [1.29, 1.82) is 0 Å². The Bertz CT molecular complexity index is 110. The number of halogens is 4. The highest BCUT2D eigenvalue weighted by atomic mass is 127. The summed E-state index contributed by atoms with van der Waals surface area (Å²) in [7, 11) is 0. The normalized spacial score (nSPS) is 14.1. The van der Waals surface area contributed by atoms with Gasteiger partial charge in [-0.05, 0) is 33.1 Å². The first-order valence-corrected chi connectivity index (χ1v) is 3.39. The molecule has 0 aromatic rings. The fraction of sp³-hybridized carbons (Fsp3) is 0.600. The highest BCUT2D eigenvalue weighted by Crippen LogP contribution is 2.21. The smallest absolute Gasteiger partial charge is 0.171 e. The third-order valence-electron chi connectivity index (χ3n) is 0.615. The maximum atomic E-state index is 11.4. The molecule has 9 heavy (non-hydrogen) atoms. The van der Waals surface area contributed by atoms with E-state index in [4.69, 9.17) is 0 Å². The van der Waals surface area contributed by atoms with Crippen molar-refractivity contribution in [2.75, 3.05) is 0 Å². The van der Waals surface area contributed by atoms with Crippen LogP contribution in [0.15, 0.2) is 9.66 Å². The zero-order chi connectivity index (χ0) is 7.49. The molecule has 0 amide bonds. The molecule has 0 N–H and O–H groups in total.